The fraction of sp³-hybridized carbons (Fsp3) is 0.333. The van der Waals surface area contributed by atoms with Gasteiger partial charge in [-0.1, -0.05) is 30.3 Å². The van der Waals surface area contributed by atoms with Gasteiger partial charge in [0, 0.05) is 26.6 Å². The van der Waals surface area contributed by atoms with Gasteiger partial charge in [0.2, 0.25) is 5.91 Å². The summed E-state index contributed by atoms with van der Waals surface area (Å²) in [6, 6.07) is 11.7. The predicted octanol–water partition coefficient (Wildman–Crippen LogP) is 3.23. The van der Waals surface area contributed by atoms with Gasteiger partial charge in [-0.15, -0.1) is 11.3 Å². The number of carbonyl (C=O) groups excluding carboxylic acids is 2. The third kappa shape index (κ3) is 5.21. The second-order valence-corrected chi connectivity index (χ2v) is 6.46. The number of rotatable bonds is 7. The van der Waals surface area contributed by atoms with Crippen molar-refractivity contribution in [2.45, 2.75) is 26.3 Å². The van der Waals surface area contributed by atoms with Gasteiger partial charge in [-0.25, -0.2) is 0 Å². The van der Waals surface area contributed by atoms with E-state index in [-0.39, 0.29) is 11.8 Å². The molecule has 2 amide bonds. The van der Waals surface area contributed by atoms with Crippen LogP contribution in [0.25, 0.3) is 0 Å². The number of hydrogen-bond acceptors (Lipinski definition) is 3. The topological polar surface area (TPSA) is 49.4 Å². The lowest BCUT2D eigenvalue weighted by Gasteiger charge is -2.18. The number of benzene rings is 1. The molecule has 23 heavy (non-hydrogen) atoms. The summed E-state index contributed by atoms with van der Waals surface area (Å²) in [5.41, 5.74) is 2.35. The van der Waals surface area contributed by atoms with Gasteiger partial charge >= 0.3 is 0 Å². The average molecular weight is 330 g/mol. The van der Waals surface area contributed by atoms with E-state index in [4.69, 9.17) is 0 Å². The minimum Gasteiger partial charge on any atom is -0.351 e. The molecule has 2 rings (SSSR count). The molecule has 0 aliphatic carbocycles. The van der Waals surface area contributed by atoms with E-state index in [2.05, 4.69) is 5.32 Å². The molecule has 1 heterocycles. The Kier molecular flexibility index (Phi) is 6.35. The molecule has 0 aliphatic heterocycles. The number of amides is 2. The van der Waals surface area contributed by atoms with Gasteiger partial charge in [0.15, 0.2) is 0 Å². The number of hydrogen-bond donors (Lipinski definition) is 1. The van der Waals surface area contributed by atoms with Gasteiger partial charge in [-0.2, -0.15) is 0 Å². The van der Waals surface area contributed by atoms with Crippen molar-refractivity contribution in [1.82, 2.24) is 10.2 Å². The number of nitrogens with one attached hydrogen (secondary N) is 1. The summed E-state index contributed by atoms with van der Waals surface area (Å²) in [5.74, 6) is 0.0272. The molecule has 0 spiro atoms. The molecule has 1 aromatic heterocycles. The lowest BCUT2D eigenvalue weighted by Crippen LogP contribution is -2.28. The standard InChI is InChI=1S/C18H22N2O2S/c1-14-7-3-4-8-15(14)13-20(2)17(21)10-5-11-19-18(22)16-9-6-12-23-16/h3-4,6-9,12H,5,10-11,13H2,1-2H3,(H,19,22). The maximum Gasteiger partial charge on any atom is 0.261 e. The summed E-state index contributed by atoms with van der Waals surface area (Å²) >= 11 is 1.42. The third-order valence-corrected chi connectivity index (χ3v) is 4.56. The molecule has 0 unspecified atom stereocenters. The molecule has 1 aromatic carbocycles. The van der Waals surface area contributed by atoms with Gasteiger partial charge in [0.25, 0.3) is 5.91 Å². The van der Waals surface area contributed by atoms with Crippen LogP contribution < -0.4 is 5.32 Å². The Labute approximate surface area is 141 Å². The highest BCUT2D eigenvalue weighted by Crippen LogP contribution is 2.11. The number of thiophene rings is 1. The highest BCUT2D eigenvalue weighted by molar-refractivity contribution is 7.12. The van der Waals surface area contributed by atoms with Gasteiger partial charge in [0.1, 0.15) is 0 Å². The van der Waals surface area contributed by atoms with Crippen molar-refractivity contribution in [2.24, 2.45) is 0 Å². The van der Waals surface area contributed by atoms with E-state index >= 15 is 0 Å². The highest BCUT2D eigenvalue weighted by Gasteiger charge is 2.11. The minimum absolute atomic E-state index is 0.0688. The lowest BCUT2D eigenvalue weighted by atomic mass is 10.1. The smallest absolute Gasteiger partial charge is 0.261 e. The molecule has 5 heteroatoms. The van der Waals surface area contributed by atoms with Gasteiger partial charge in [-0.3, -0.25) is 9.59 Å². The van der Waals surface area contributed by atoms with Crippen LogP contribution in [0.4, 0.5) is 0 Å². The first-order valence-electron chi connectivity index (χ1n) is 7.68. The summed E-state index contributed by atoms with van der Waals surface area (Å²) in [6.07, 6.45) is 1.08. The number of carbonyl (C=O) groups is 2. The van der Waals surface area contributed by atoms with E-state index in [1.54, 1.807) is 11.0 Å². The lowest BCUT2D eigenvalue weighted by molar-refractivity contribution is -0.130. The largest absolute Gasteiger partial charge is 0.351 e. The first-order chi connectivity index (χ1) is 11.1. The van der Waals surface area contributed by atoms with E-state index in [1.165, 1.54) is 16.9 Å². The fourth-order valence-electron chi connectivity index (χ4n) is 2.26. The number of nitrogens with zero attached hydrogens (tertiary/aromatic N) is 1. The first kappa shape index (κ1) is 17.2. The molecule has 0 aliphatic rings. The zero-order valence-electron chi connectivity index (χ0n) is 13.5. The Morgan fingerprint density at radius 3 is 2.65 bits per heavy atom. The van der Waals surface area contributed by atoms with E-state index in [1.807, 2.05) is 49.7 Å². The van der Waals surface area contributed by atoms with Crippen molar-refractivity contribution in [3.05, 3.63) is 57.8 Å². The average Bonchev–Trinajstić information content (AvgIpc) is 3.07. The summed E-state index contributed by atoms with van der Waals surface area (Å²) in [7, 11) is 1.82. The highest BCUT2D eigenvalue weighted by atomic mass is 32.1. The van der Waals surface area contributed by atoms with Crippen molar-refractivity contribution < 1.29 is 9.59 Å². The molecular weight excluding hydrogens is 308 g/mol. The Morgan fingerprint density at radius 1 is 1.17 bits per heavy atom. The zero-order chi connectivity index (χ0) is 16.7. The third-order valence-electron chi connectivity index (χ3n) is 3.69. The Bertz CT molecular complexity index is 653. The van der Waals surface area contributed by atoms with Crippen LogP contribution in [0, 0.1) is 6.92 Å². The van der Waals surface area contributed by atoms with E-state index in [0.29, 0.717) is 30.8 Å². The van der Waals surface area contributed by atoms with E-state index in [9.17, 15) is 9.59 Å². The molecule has 0 saturated carbocycles. The Balaban J connectivity index is 1.70. The molecule has 0 saturated heterocycles. The SMILES string of the molecule is Cc1ccccc1CN(C)C(=O)CCCNC(=O)c1cccs1. The molecule has 4 nitrogen and oxygen atoms in total. The van der Waals surface area contributed by atoms with Crippen LogP contribution in [-0.2, 0) is 11.3 Å². The Hall–Kier alpha value is -2.14. The van der Waals surface area contributed by atoms with Crippen LogP contribution in [0.5, 0.6) is 0 Å². The van der Waals surface area contributed by atoms with Crippen molar-refractivity contribution in [3.63, 3.8) is 0 Å². The molecule has 0 bridgehead atoms. The van der Waals surface area contributed by atoms with Crippen molar-refractivity contribution >= 4 is 23.2 Å². The van der Waals surface area contributed by atoms with Crippen molar-refractivity contribution in [3.8, 4) is 0 Å². The molecule has 0 radical (unpaired) electrons. The monoisotopic (exact) mass is 330 g/mol. The van der Waals surface area contributed by atoms with Crippen LogP contribution in [-0.4, -0.2) is 30.3 Å². The molecule has 0 atom stereocenters. The fourth-order valence-corrected chi connectivity index (χ4v) is 2.90. The van der Waals surface area contributed by atoms with Crippen LogP contribution in [0.3, 0.4) is 0 Å². The molecule has 2 aromatic rings. The Morgan fingerprint density at radius 2 is 1.96 bits per heavy atom. The second kappa shape index (κ2) is 8.48. The minimum atomic E-state index is -0.0688. The zero-order valence-corrected chi connectivity index (χ0v) is 14.4. The van der Waals surface area contributed by atoms with Crippen molar-refractivity contribution in [1.29, 1.82) is 0 Å². The molecule has 122 valence electrons. The normalized spacial score (nSPS) is 10.3. The van der Waals surface area contributed by atoms with Crippen LogP contribution in [0.2, 0.25) is 0 Å². The summed E-state index contributed by atoms with van der Waals surface area (Å²) in [6.45, 7) is 3.18. The second-order valence-electron chi connectivity index (χ2n) is 5.51. The van der Waals surface area contributed by atoms with E-state index in [0.717, 1.165) is 5.56 Å². The van der Waals surface area contributed by atoms with Crippen LogP contribution >= 0.6 is 11.3 Å². The maximum absolute atomic E-state index is 12.1. The quantitative estimate of drug-likeness (QED) is 0.793. The summed E-state index contributed by atoms with van der Waals surface area (Å²) in [4.78, 5) is 26.4. The molecule has 0 fully saturated rings. The van der Waals surface area contributed by atoms with Crippen LogP contribution in [0.1, 0.15) is 33.6 Å². The van der Waals surface area contributed by atoms with Crippen LogP contribution in [0.15, 0.2) is 41.8 Å². The van der Waals surface area contributed by atoms with Gasteiger partial charge < -0.3 is 10.2 Å². The summed E-state index contributed by atoms with van der Waals surface area (Å²) in [5, 5.41) is 4.71. The van der Waals surface area contributed by atoms with E-state index < -0.39 is 0 Å². The maximum atomic E-state index is 12.1. The molecule has 1 N–H and O–H groups in total. The molecular formula is C18H22N2O2S. The summed E-state index contributed by atoms with van der Waals surface area (Å²) < 4.78 is 0. The number of aryl methyl sites for hydroxylation is 1. The first-order valence-corrected chi connectivity index (χ1v) is 8.56. The van der Waals surface area contributed by atoms with Gasteiger partial charge in [0.05, 0.1) is 4.88 Å². The van der Waals surface area contributed by atoms with Crippen molar-refractivity contribution in [2.75, 3.05) is 13.6 Å². The predicted molar refractivity (Wildman–Crippen MR) is 93.5 cm³/mol. The van der Waals surface area contributed by atoms with Gasteiger partial charge in [-0.05, 0) is 35.9 Å².